The number of rotatable bonds is 4. The molecule has 1 aliphatic carbocycles. The summed E-state index contributed by atoms with van der Waals surface area (Å²) in [7, 11) is 0. The summed E-state index contributed by atoms with van der Waals surface area (Å²) >= 11 is 1.77. The van der Waals surface area contributed by atoms with Gasteiger partial charge in [0.25, 0.3) is 0 Å². The summed E-state index contributed by atoms with van der Waals surface area (Å²) in [6, 6.07) is 4.48. The van der Waals surface area contributed by atoms with Gasteiger partial charge in [-0.05, 0) is 37.8 Å². The third-order valence-corrected chi connectivity index (χ3v) is 4.81. The second-order valence-corrected chi connectivity index (χ2v) is 6.24. The first kappa shape index (κ1) is 12.8. The number of carbonyl (C=O) groups excluding carboxylic acids is 1. The largest absolute Gasteiger partial charge is 0.328 e. The average Bonchev–Trinajstić information content (AvgIpc) is 2.77. The highest BCUT2D eigenvalue weighted by Crippen LogP contribution is 2.26. The molecule has 1 aliphatic rings. The lowest BCUT2D eigenvalue weighted by molar-refractivity contribution is -0.123. The van der Waals surface area contributed by atoms with Crippen LogP contribution in [0.2, 0.25) is 0 Å². The predicted molar refractivity (Wildman–Crippen MR) is 72.3 cm³/mol. The monoisotopic (exact) mass is 251 g/mol. The van der Waals surface area contributed by atoms with E-state index in [1.165, 1.54) is 9.75 Å². The topological polar surface area (TPSA) is 43.1 Å². The fourth-order valence-corrected chi connectivity index (χ4v) is 3.51. The summed E-state index contributed by atoms with van der Waals surface area (Å²) in [5, 5.41) is 0. The molecule has 1 fully saturated rings. The van der Waals surface area contributed by atoms with Crippen LogP contribution in [0.15, 0.2) is 12.1 Å². The molecular weight excluding hydrogens is 230 g/mol. The van der Waals surface area contributed by atoms with Gasteiger partial charge in [0.05, 0.1) is 0 Å². The summed E-state index contributed by atoms with van der Waals surface area (Å²) in [5.41, 5.74) is 5.93. The molecule has 2 unspecified atom stereocenters. The van der Waals surface area contributed by atoms with E-state index in [2.05, 4.69) is 19.1 Å². The molecule has 1 saturated carbocycles. The zero-order valence-corrected chi connectivity index (χ0v) is 11.3. The van der Waals surface area contributed by atoms with Crippen molar-refractivity contribution in [2.24, 2.45) is 11.7 Å². The number of thiophene rings is 1. The number of aryl methyl sites for hydroxylation is 1. The van der Waals surface area contributed by atoms with Crippen LogP contribution >= 0.6 is 11.3 Å². The van der Waals surface area contributed by atoms with Gasteiger partial charge in [0, 0.05) is 28.1 Å². The lowest BCUT2D eigenvalue weighted by Crippen LogP contribution is -2.32. The molecule has 1 heterocycles. The standard InChI is InChI=1S/C14H21NOS/c1-2-12-6-7-13(17-12)9-14(16)10-4-3-5-11(15)8-10/h6-7,10-11H,2-5,8-9,15H2,1H3. The quantitative estimate of drug-likeness (QED) is 0.894. The van der Waals surface area contributed by atoms with Gasteiger partial charge >= 0.3 is 0 Å². The lowest BCUT2D eigenvalue weighted by atomic mass is 9.82. The Morgan fingerprint density at radius 2 is 2.18 bits per heavy atom. The van der Waals surface area contributed by atoms with E-state index in [0.717, 1.165) is 32.1 Å². The molecule has 0 aromatic carbocycles. The molecule has 0 saturated heterocycles. The maximum atomic E-state index is 12.2. The van der Waals surface area contributed by atoms with E-state index >= 15 is 0 Å². The molecule has 0 spiro atoms. The van der Waals surface area contributed by atoms with Crippen molar-refractivity contribution < 1.29 is 4.79 Å². The molecule has 2 N–H and O–H groups in total. The molecule has 1 aromatic rings. The van der Waals surface area contributed by atoms with Gasteiger partial charge in [-0.3, -0.25) is 4.79 Å². The minimum Gasteiger partial charge on any atom is -0.328 e. The summed E-state index contributed by atoms with van der Waals surface area (Å²) in [5.74, 6) is 0.607. The normalized spacial score (nSPS) is 24.8. The molecule has 0 aliphatic heterocycles. The third kappa shape index (κ3) is 3.39. The summed E-state index contributed by atoms with van der Waals surface area (Å²) < 4.78 is 0. The van der Waals surface area contributed by atoms with Crippen molar-refractivity contribution in [2.75, 3.05) is 0 Å². The first-order chi connectivity index (χ1) is 8.19. The van der Waals surface area contributed by atoms with E-state index < -0.39 is 0 Å². The Kier molecular flexibility index (Phi) is 4.35. The van der Waals surface area contributed by atoms with Gasteiger partial charge in [0.15, 0.2) is 0 Å². The first-order valence-corrected chi connectivity index (χ1v) is 7.36. The fraction of sp³-hybridized carbons (Fsp3) is 0.643. The first-order valence-electron chi connectivity index (χ1n) is 6.55. The Hall–Kier alpha value is -0.670. The molecule has 2 rings (SSSR count). The van der Waals surface area contributed by atoms with Crippen molar-refractivity contribution in [3.8, 4) is 0 Å². The molecule has 17 heavy (non-hydrogen) atoms. The van der Waals surface area contributed by atoms with Crippen LogP contribution in [0.3, 0.4) is 0 Å². The van der Waals surface area contributed by atoms with Gasteiger partial charge in [0.2, 0.25) is 0 Å². The van der Waals surface area contributed by atoms with Gasteiger partial charge in [-0.25, -0.2) is 0 Å². The highest BCUT2D eigenvalue weighted by Gasteiger charge is 2.25. The van der Waals surface area contributed by atoms with Crippen LogP contribution in [-0.2, 0) is 17.6 Å². The van der Waals surface area contributed by atoms with E-state index in [1.807, 2.05) is 0 Å². The van der Waals surface area contributed by atoms with Crippen molar-refractivity contribution in [3.05, 3.63) is 21.9 Å². The van der Waals surface area contributed by atoms with E-state index in [1.54, 1.807) is 11.3 Å². The highest BCUT2D eigenvalue weighted by atomic mass is 32.1. The Balaban J connectivity index is 1.91. The number of nitrogens with two attached hydrogens (primary N) is 1. The van der Waals surface area contributed by atoms with Crippen molar-refractivity contribution in [1.82, 2.24) is 0 Å². The maximum Gasteiger partial charge on any atom is 0.141 e. The molecular formula is C14H21NOS. The second kappa shape index (κ2) is 5.78. The average molecular weight is 251 g/mol. The van der Waals surface area contributed by atoms with Crippen molar-refractivity contribution >= 4 is 17.1 Å². The van der Waals surface area contributed by atoms with Crippen LogP contribution in [0.25, 0.3) is 0 Å². The van der Waals surface area contributed by atoms with Crippen LogP contribution in [0.5, 0.6) is 0 Å². The van der Waals surface area contributed by atoms with Crippen LogP contribution in [0, 0.1) is 5.92 Å². The SMILES string of the molecule is CCc1ccc(CC(=O)C2CCCC(N)C2)s1. The fourth-order valence-electron chi connectivity index (χ4n) is 2.54. The number of hydrogen-bond acceptors (Lipinski definition) is 3. The Bertz CT molecular complexity index is 385. The smallest absolute Gasteiger partial charge is 0.141 e. The Morgan fingerprint density at radius 1 is 1.41 bits per heavy atom. The Labute approximate surface area is 107 Å². The predicted octanol–water partition coefficient (Wildman–Crippen LogP) is 2.94. The minimum absolute atomic E-state index is 0.214. The van der Waals surface area contributed by atoms with Crippen LogP contribution in [0.1, 0.15) is 42.4 Å². The van der Waals surface area contributed by atoms with E-state index in [4.69, 9.17) is 5.73 Å². The number of Topliss-reactive ketones (excluding diaryl/α,β-unsaturated/α-hetero) is 1. The third-order valence-electron chi connectivity index (χ3n) is 3.58. The van der Waals surface area contributed by atoms with Crippen LogP contribution < -0.4 is 5.73 Å². The summed E-state index contributed by atoms with van der Waals surface area (Å²) in [4.78, 5) is 14.7. The molecule has 0 amide bonds. The molecule has 1 aromatic heterocycles. The second-order valence-electron chi connectivity index (χ2n) is 4.99. The van der Waals surface area contributed by atoms with Gasteiger partial charge in [-0.2, -0.15) is 0 Å². The molecule has 3 heteroatoms. The van der Waals surface area contributed by atoms with Crippen molar-refractivity contribution in [2.45, 2.75) is 51.5 Å². The zero-order chi connectivity index (χ0) is 12.3. The number of carbonyl (C=O) groups is 1. The van der Waals surface area contributed by atoms with Crippen LogP contribution in [0.4, 0.5) is 0 Å². The molecule has 94 valence electrons. The Morgan fingerprint density at radius 3 is 2.82 bits per heavy atom. The molecule has 2 nitrogen and oxygen atoms in total. The molecule has 0 radical (unpaired) electrons. The van der Waals surface area contributed by atoms with E-state index in [0.29, 0.717) is 12.2 Å². The van der Waals surface area contributed by atoms with Gasteiger partial charge < -0.3 is 5.73 Å². The number of ketones is 1. The van der Waals surface area contributed by atoms with E-state index in [9.17, 15) is 4.79 Å². The van der Waals surface area contributed by atoms with Gasteiger partial charge in [0.1, 0.15) is 5.78 Å². The minimum atomic E-state index is 0.214. The lowest BCUT2D eigenvalue weighted by Gasteiger charge is -2.25. The van der Waals surface area contributed by atoms with Crippen molar-refractivity contribution in [3.63, 3.8) is 0 Å². The van der Waals surface area contributed by atoms with Crippen molar-refractivity contribution in [1.29, 1.82) is 0 Å². The van der Waals surface area contributed by atoms with Gasteiger partial charge in [-0.1, -0.05) is 13.3 Å². The molecule has 0 bridgehead atoms. The van der Waals surface area contributed by atoms with Gasteiger partial charge in [-0.15, -0.1) is 11.3 Å². The summed E-state index contributed by atoms with van der Waals surface area (Å²) in [6.07, 6.45) is 5.81. The molecule has 2 atom stereocenters. The van der Waals surface area contributed by atoms with E-state index in [-0.39, 0.29) is 12.0 Å². The zero-order valence-electron chi connectivity index (χ0n) is 10.4. The summed E-state index contributed by atoms with van der Waals surface area (Å²) in [6.45, 7) is 2.15. The number of hydrogen-bond donors (Lipinski definition) is 1. The highest BCUT2D eigenvalue weighted by molar-refractivity contribution is 7.12. The van der Waals surface area contributed by atoms with Crippen LogP contribution in [-0.4, -0.2) is 11.8 Å². The maximum absolute atomic E-state index is 12.2.